The van der Waals surface area contributed by atoms with Crippen molar-refractivity contribution in [1.82, 2.24) is 15.1 Å². The second-order valence-corrected chi connectivity index (χ2v) is 5.44. The van der Waals surface area contributed by atoms with Gasteiger partial charge in [0.25, 0.3) is 0 Å². The molecule has 1 aliphatic heterocycles. The number of nitrogens with one attached hydrogen (secondary N) is 1. The van der Waals surface area contributed by atoms with Crippen molar-refractivity contribution >= 4 is 16.9 Å². The summed E-state index contributed by atoms with van der Waals surface area (Å²) in [6.07, 6.45) is 2.62. The van der Waals surface area contributed by atoms with Crippen LogP contribution in [0.1, 0.15) is 18.4 Å². The first kappa shape index (κ1) is 14.0. The van der Waals surface area contributed by atoms with E-state index in [4.69, 9.17) is 4.74 Å². The molecular weight excluding hydrogens is 270 g/mol. The lowest BCUT2D eigenvalue weighted by Gasteiger charge is -2.37. The van der Waals surface area contributed by atoms with Crippen molar-refractivity contribution < 1.29 is 14.6 Å². The first-order chi connectivity index (χ1) is 10.2. The summed E-state index contributed by atoms with van der Waals surface area (Å²) in [6.45, 7) is 1.38. The van der Waals surface area contributed by atoms with Crippen molar-refractivity contribution in [1.29, 1.82) is 0 Å². The number of piperidine rings is 1. The van der Waals surface area contributed by atoms with E-state index in [-0.39, 0.29) is 5.97 Å². The maximum absolute atomic E-state index is 11.9. The predicted molar refractivity (Wildman–Crippen MR) is 77.5 cm³/mol. The number of esters is 1. The zero-order chi connectivity index (χ0) is 14.8. The molecule has 6 heteroatoms. The Labute approximate surface area is 122 Å². The number of aromatic amines is 1. The number of carbonyl (C=O) groups is 1. The lowest BCUT2D eigenvalue weighted by molar-refractivity contribution is -0.154. The Kier molecular flexibility index (Phi) is 3.90. The third-order valence-electron chi connectivity index (χ3n) is 4.04. The molecule has 1 aromatic heterocycles. The third-order valence-corrected chi connectivity index (χ3v) is 4.04. The van der Waals surface area contributed by atoms with E-state index < -0.39 is 12.1 Å². The molecule has 0 unspecified atom stereocenters. The van der Waals surface area contributed by atoms with Gasteiger partial charge < -0.3 is 9.84 Å². The highest BCUT2D eigenvalue weighted by atomic mass is 16.5. The molecule has 3 rings (SSSR count). The number of hydrogen-bond acceptors (Lipinski definition) is 5. The summed E-state index contributed by atoms with van der Waals surface area (Å²) in [5, 5.41) is 18.1. The van der Waals surface area contributed by atoms with Gasteiger partial charge in [0, 0.05) is 11.9 Å². The Morgan fingerprint density at radius 2 is 2.43 bits per heavy atom. The molecule has 0 saturated carbocycles. The number of aliphatic hydroxyl groups excluding tert-OH is 1. The van der Waals surface area contributed by atoms with E-state index >= 15 is 0 Å². The van der Waals surface area contributed by atoms with Crippen LogP contribution in [0.25, 0.3) is 10.9 Å². The van der Waals surface area contributed by atoms with Crippen LogP contribution in [-0.2, 0) is 16.1 Å². The first-order valence-electron chi connectivity index (χ1n) is 7.11. The van der Waals surface area contributed by atoms with Crippen LogP contribution in [0.2, 0.25) is 0 Å². The van der Waals surface area contributed by atoms with Gasteiger partial charge in [0.15, 0.2) is 0 Å². The summed E-state index contributed by atoms with van der Waals surface area (Å²) in [7, 11) is 1.36. The monoisotopic (exact) mass is 289 g/mol. The smallest absolute Gasteiger partial charge is 0.325 e. The van der Waals surface area contributed by atoms with Crippen LogP contribution in [0.3, 0.4) is 0 Å². The van der Waals surface area contributed by atoms with Gasteiger partial charge in [-0.2, -0.15) is 5.10 Å². The zero-order valence-corrected chi connectivity index (χ0v) is 12.0. The summed E-state index contributed by atoms with van der Waals surface area (Å²) in [4.78, 5) is 13.9. The van der Waals surface area contributed by atoms with Crippen LogP contribution in [0.5, 0.6) is 0 Å². The molecule has 0 spiro atoms. The molecule has 0 bridgehead atoms. The normalized spacial score (nSPS) is 23.3. The Bertz CT molecular complexity index is 640. The maximum Gasteiger partial charge on any atom is 0.325 e. The third kappa shape index (κ3) is 2.77. The number of hydrogen-bond donors (Lipinski definition) is 2. The molecular formula is C15H19N3O3. The first-order valence-corrected chi connectivity index (χ1v) is 7.11. The molecule has 1 saturated heterocycles. The van der Waals surface area contributed by atoms with Crippen LogP contribution in [0.4, 0.5) is 0 Å². The van der Waals surface area contributed by atoms with Gasteiger partial charge in [0.05, 0.1) is 24.9 Å². The van der Waals surface area contributed by atoms with Crippen molar-refractivity contribution in [2.24, 2.45) is 0 Å². The van der Waals surface area contributed by atoms with Crippen molar-refractivity contribution in [3.8, 4) is 0 Å². The number of benzene rings is 1. The van der Waals surface area contributed by atoms with Gasteiger partial charge in [-0.1, -0.05) is 12.1 Å². The number of aliphatic hydroxyl groups is 1. The van der Waals surface area contributed by atoms with Crippen LogP contribution < -0.4 is 0 Å². The minimum absolute atomic E-state index is 0.371. The Hall–Kier alpha value is -1.92. The maximum atomic E-state index is 11.9. The highest BCUT2D eigenvalue weighted by Gasteiger charge is 2.36. The van der Waals surface area contributed by atoms with E-state index in [2.05, 4.69) is 10.2 Å². The molecule has 1 aliphatic rings. The molecule has 2 atom stereocenters. The van der Waals surface area contributed by atoms with Gasteiger partial charge in [-0.05, 0) is 31.0 Å². The van der Waals surface area contributed by atoms with E-state index in [9.17, 15) is 9.90 Å². The minimum atomic E-state index is -0.665. The van der Waals surface area contributed by atoms with E-state index in [0.29, 0.717) is 13.0 Å². The summed E-state index contributed by atoms with van der Waals surface area (Å²) in [5.41, 5.74) is 2.05. The Morgan fingerprint density at radius 1 is 1.57 bits per heavy atom. The molecule has 2 heterocycles. The molecule has 1 fully saturated rings. The van der Waals surface area contributed by atoms with Crippen LogP contribution in [0, 0.1) is 0 Å². The fourth-order valence-corrected chi connectivity index (χ4v) is 2.97. The predicted octanol–water partition coefficient (Wildman–Crippen LogP) is 1.06. The van der Waals surface area contributed by atoms with E-state index in [0.717, 1.165) is 29.4 Å². The quantitative estimate of drug-likeness (QED) is 0.826. The van der Waals surface area contributed by atoms with Gasteiger partial charge in [-0.3, -0.25) is 14.8 Å². The number of methoxy groups -OCH3 is 1. The second kappa shape index (κ2) is 5.83. The largest absolute Gasteiger partial charge is 0.468 e. The van der Waals surface area contributed by atoms with Gasteiger partial charge in [0.1, 0.15) is 6.04 Å². The number of fused-ring (bicyclic) bond motifs is 1. The van der Waals surface area contributed by atoms with Gasteiger partial charge in [-0.15, -0.1) is 0 Å². The van der Waals surface area contributed by atoms with Gasteiger partial charge >= 0.3 is 5.97 Å². The molecule has 2 aromatic rings. The fraction of sp³-hybridized carbons (Fsp3) is 0.467. The number of aromatic nitrogens is 2. The average molecular weight is 289 g/mol. The highest BCUT2D eigenvalue weighted by molar-refractivity contribution is 5.78. The topological polar surface area (TPSA) is 78.5 Å². The average Bonchev–Trinajstić information content (AvgIpc) is 2.94. The number of ether oxygens (including phenoxy) is 1. The second-order valence-electron chi connectivity index (χ2n) is 5.44. The van der Waals surface area contributed by atoms with E-state index in [1.165, 1.54) is 7.11 Å². The lowest BCUT2D eigenvalue weighted by Crippen LogP contribution is -2.52. The molecule has 0 radical (unpaired) electrons. The summed E-state index contributed by atoms with van der Waals surface area (Å²) >= 11 is 0. The molecule has 2 N–H and O–H groups in total. The number of rotatable bonds is 3. The Morgan fingerprint density at radius 3 is 3.24 bits per heavy atom. The molecule has 21 heavy (non-hydrogen) atoms. The van der Waals surface area contributed by atoms with Crippen molar-refractivity contribution in [2.45, 2.75) is 31.5 Å². The highest BCUT2D eigenvalue weighted by Crippen LogP contribution is 2.22. The number of H-pyrrole nitrogens is 1. The standard InChI is InChI=1S/C15H19N3O3/c1-21-15(20)14-13(19)3-2-6-18(14)9-10-4-5-11-8-16-17-12(11)7-10/h4-5,7-8,13-14,19H,2-3,6,9H2,1H3,(H,16,17)/t13-,14-/m0/s1. The fourth-order valence-electron chi connectivity index (χ4n) is 2.97. The molecule has 0 aliphatic carbocycles. The summed E-state index contributed by atoms with van der Waals surface area (Å²) in [6, 6.07) is 5.47. The minimum Gasteiger partial charge on any atom is -0.468 e. The summed E-state index contributed by atoms with van der Waals surface area (Å²) in [5.74, 6) is -0.371. The lowest BCUT2D eigenvalue weighted by atomic mass is 9.98. The van der Waals surface area contributed by atoms with Crippen molar-refractivity contribution in [3.63, 3.8) is 0 Å². The number of carbonyl (C=O) groups excluding carboxylic acids is 1. The molecule has 0 amide bonds. The van der Waals surface area contributed by atoms with Crippen molar-refractivity contribution in [3.05, 3.63) is 30.0 Å². The Balaban J connectivity index is 1.81. The van der Waals surface area contributed by atoms with Crippen LogP contribution in [-0.4, -0.2) is 52.0 Å². The van der Waals surface area contributed by atoms with Gasteiger partial charge in [-0.25, -0.2) is 0 Å². The molecule has 1 aromatic carbocycles. The van der Waals surface area contributed by atoms with Crippen LogP contribution in [0.15, 0.2) is 24.4 Å². The van der Waals surface area contributed by atoms with Crippen LogP contribution >= 0.6 is 0 Å². The summed E-state index contributed by atoms with van der Waals surface area (Å²) < 4.78 is 4.83. The number of nitrogens with zero attached hydrogens (tertiary/aromatic N) is 2. The zero-order valence-electron chi connectivity index (χ0n) is 12.0. The SMILES string of the molecule is COC(=O)[C@@H]1[C@@H](O)CCCN1Cc1ccc2cn[nH]c2c1. The van der Waals surface area contributed by atoms with Gasteiger partial charge in [0.2, 0.25) is 0 Å². The van der Waals surface area contributed by atoms with Crippen molar-refractivity contribution in [2.75, 3.05) is 13.7 Å². The molecule has 112 valence electrons. The molecule has 6 nitrogen and oxygen atoms in total. The number of likely N-dealkylation sites (tertiary alicyclic amines) is 1. The van der Waals surface area contributed by atoms with E-state index in [1.807, 2.05) is 23.1 Å². The van der Waals surface area contributed by atoms with E-state index in [1.54, 1.807) is 6.20 Å².